The fourth-order valence-electron chi connectivity index (χ4n) is 3.28. The van der Waals surface area contributed by atoms with E-state index < -0.39 is 0 Å². The Hall–Kier alpha value is -3.66. The second-order valence-corrected chi connectivity index (χ2v) is 7.88. The van der Waals surface area contributed by atoms with Crippen LogP contribution in [0.1, 0.15) is 24.4 Å². The first-order chi connectivity index (χ1) is 17.2. The first-order valence-electron chi connectivity index (χ1n) is 11.6. The summed E-state index contributed by atoms with van der Waals surface area (Å²) in [5.41, 5.74) is 14.3. The molecule has 2 aromatic carbocycles. The highest BCUT2D eigenvalue weighted by molar-refractivity contribution is 5.60. The monoisotopic (exact) mass is 478 g/mol. The van der Waals surface area contributed by atoms with Crippen LogP contribution in [0.25, 0.3) is 22.5 Å². The highest BCUT2D eigenvalue weighted by Gasteiger charge is 2.10. The van der Waals surface area contributed by atoms with Crippen molar-refractivity contribution in [3.8, 4) is 34.0 Å². The summed E-state index contributed by atoms with van der Waals surface area (Å²) in [6.07, 6.45) is 1.64. The van der Waals surface area contributed by atoms with Gasteiger partial charge < -0.3 is 34.7 Å². The van der Waals surface area contributed by atoms with E-state index in [-0.39, 0.29) is 13.2 Å². The molecule has 4 N–H and O–H groups in total. The summed E-state index contributed by atoms with van der Waals surface area (Å²) < 4.78 is 27.8. The van der Waals surface area contributed by atoms with Gasteiger partial charge in [0.1, 0.15) is 36.1 Å². The third-order valence-electron chi connectivity index (χ3n) is 5.14. The van der Waals surface area contributed by atoms with Gasteiger partial charge in [0.05, 0.1) is 13.2 Å². The third kappa shape index (κ3) is 7.16. The molecule has 9 heteroatoms. The van der Waals surface area contributed by atoms with E-state index in [2.05, 4.69) is 10.3 Å². The van der Waals surface area contributed by atoms with Crippen LogP contribution in [0.5, 0.6) is 11.5 Å². The van der Waals surface area contributed by atoms with Crippen molar-refractivity contribution in [2.75, 3.05) is 26.3 Å². The molecule has 0 atom stereocenters. The summed E-state index contributed by atoms with van der Waals surface area (Å²) in [4.78, 5) is 0. The molecule has 4 aromatic rings. The summed E-state index contributed by atoms with van der Waals surface area (Å²) in [5.74, 6) is 2.83. The van der Waals surface area contributed by atoms with Gasteiger partial charge in [-0.1, -0.05) is 10.3 Å². The Morgan fingerprint density at radius 2 is 1.06 bits per heavy atom. The normalized spacial score (nSPS) is 11.0. The van der Waals surface area contributed by atoms with Gasteiger partial charge in [-0.05, 0) is 74.5 Å². The number of benzene rings is 2. The van der Waals surface area contributed by atoms with Crippen molar-refractivity contribution >= 4 is 0 Å². The average Bonchev–Trinajstić information content (AvgIpc) is 3.56. The number of nitrogens with two attached hydrogens (primary N) is 2. The molecular weight excluding hydrogens is 448 g/mol. The van der Waals surface area contributed by atoms with Crippen LogP contribution in [0.15, 0.2) is 69.7 Å². The van der Waals surface area contributed by atoms with Crippen molar-refractivity contribution in [1.29, 1.82) is 0 Å². The lowest BCUT2D eigenvalue weighted by Gasteiger charge is -2.05. The van der Waals surface area contributed by atoms with Gasteiger partial charge in [-0.3, -0.25) is 0 Å². The molecule has 35 heavy (non-hydrogen) atoms. The SMILES string of the molecule is NCCCOc1ccc(-c2cc(COCc3cc(-c4ccc(OCCCN)cc4)no3)on2)cc1. The van der Waals surface area contributed by atoms with Crippen LogP contribution in [-0.4, -0.2) is 36.6 Å². The van der Waals surface area contributed by atoms with E-state index in [4.69, 9.17) is 34.7 Å². The smallest absolute Gasteiger partial charge is 0.163 e. The minimum Gasteiger partial charge on any atom is -0.494 e. The number of rotatable bonds is 14. The maximum Gasteiger partial charge on any atom is 0.163 e. The van der Waals surface area contributed by atoms with Gasteiger partial charge >= 0.3 is 0 Å². The summed E-state index contributed by atoms with van der Waals surface area (Å²) in [7, 11) is 0. The van der Waals surface area contributed by atoms with Gasteiger partial charge in [0, 0.05) is 23.3 Å². The van der Waals surface area contributed by atoms with Gasteiger partial charge in [0.15, 0.2) is 11.5 Å². The fraction of sp³-hybridized carbons (Fsp3) is 0.308. The van der Waals surface area contributed by atoms with Crippen LogP contribution in [0, 0.1) is 0 Å². The summed E-state index contributed by atoms with van der Waals surface area (Å²) >= 11 is 0. The molecule has 0 amide bonds. The summed E-state index contributed by atoms with van der Waals surface area (Å²) in [6.45, 7) is 2.95. The summed E-state index contributed by atoms with van der Waals surface area (Å²) in [6, 6.07) is 19.1. The highest BCUT2D eigenvalue weighted by Crippen LogP contribution is 2.24. The van der Waals surface area contributed by atoms with E-state index in [9.17, 15) is 0 Å². The van der Waals surface area contributed by atoms with Gasteiger partial charge in [-0.2, -0.15) is 0 Å². The lowest BCUT2D eigenvalue weighted by Crippen LogP contribution is -2.05. The molecule has 9 nitrogen and oxygen atoms in total. The lowest BCUT2D eigenvalue weighted by atomic mass is 10.1. The van der Waals surface area contributed by atoms with Crippen molar-refractivity contribution < 1.29 is 23.3 Å². The van der Waals surface area contributed by atoms with Crippen molar-refractivity contribution in [1.82, 2.24) is 10.3 Å². The standard InChI is InChI=1S/C26H30N4O5/c27-11-1-13-32-21-7-3-19(4-8-21)25-15-23(34-29-25)17-31-18-24-16-26(30-35-24)20-5-9-22(10-6-20)33-14-2-12-28/h3-10,15-16H,1-2,11-14,17-18,27-28H2. The Morgan fingerprint density at radius 1 is 0.629 bits per heavy atom. The molecule has 0 unspecified atom stereocenters. The highest BCUT2D eigenvalue weighted by atomic mass is 16.5. The van der Waals surface area contributed by atoms with Crippen LogP contribution in [0.4, 0.5) is 0 Å². The van der Waals surface area contributed by atoms with Crippen LogP contribution >= 0.6 is 0 Å². The van der Waals surface area contributed by atoms with Gasteiger partial charge in [0.25, 0.3) is 0 Å². The second kappa shape index (κ2) is 12.7. The van der Waals surface area contributed by atoms with E-state index in [1.807, 2.05) is 60.7 Å². The van der Waals surface area contributed by atoms with Crippen molar-refractivity contribution in [3.63, 3.8) is 0 Å². The van der Waals surface area contributed by atoms with E-state index in [1.54, 1.807) is 0 Å². The molecule has 184 valence electrons. The van der Waals surface area contributed by atoms with Crippen LogP contribution in [-0.2, 0) is 18.0 Å². The van der Waals surface area contributed by atoms with Gasteiger partial charge in [-0.15, -0.1) is 0 Å². The molecule has 2 aromatic heterocycles. The Bertz CT molecular complexity index is 1060. The average molecular weight is 479 g/mol. The number of hydrogen-bond donors (Lipinski definition) is 2. The van der Waals surface area contributed by atoms with Crippen molar-refractivity contribution in [2.45, 2.75) is 26.1 Å². The Labute approximate surface area is 203 Å². The first kappa shape index (κ1) is 24.5. The van der Waals surface area contributed by atoms with Crippen LogP contribution < -0.4 is 20.9 Å². The molecule has 0 radical (unpaired) electrons. The van der Waals surface area contributed by atoms with Gasteiger partial charge in [0.2, 0.25) is 0 Å². The Kier molecular flexibility index (Phi) is 8.88. The first-order valence-corrected chi connectivity index (χ1v) is 11.6. The largest absolute Gasteiger partial charge is 0.494 e. The minimum absolute atomic E-state index is 0.262. The molecule has 0 aliphatic rings. The number of nitrogens with zero attached hydrogens (tertiary/aromatic N) is 2. The minimum atomic E-state index is 0.262. The predicted octanol–water partition coefficient (Wildman–Crippen LogP) is 4.17. The lowest BCUT2D eigenvalue weighted by molar-refractivity contribution is 0.0727. The maximum atomic E-state index is 5.72. The fourth-order valence-corrected chi connectivity index (χ4v) is 3.28. The summed E-state index contributed by atoms with van der Waals surface area (Å²) in [5, 5.41) is 8.25. The molecule has 0 spiro atoms. The number of hydrogen-bond acceptors (Lipinski definition) is 9. The molecule has 0 saturated carbocycles. The zero-order valence-corrected chi connectivity index (χ0v) is 19.5. The van der Waals surface area contributed by atoms with E-state index in [0.29, 0.717) is 37.8 Å². The zero-order chi connectivity index (χ0) is 24.3. The Balaban J connectivity index is 1.24. The topological polar surface area (TPSA) is 132 Å². The number of ether oxygens (including phenoxy) is 3. The van der Waals surface area contributed by atoms with Gasteiger partial charge in [-0.25, -0.2) is 0 Å². The maximum absolute atomic E-state index is 5.72. The quantitative estimate of drug-likeness (QED) is 0.256. The molecular formula is C26H30N4O5. The molecule has 0 fully saturated rings. The molecule has 4 rings (SSSR count). The van der Waals surface area contributed by atoms with E-state index in [1.165, 1.54) is 0 Å². The second-order valence-electron chi connectivity index (χ2n) is 7.88. The van der Waals surface area contributed by atoms with E-state index in [0.717, 1.165) is 46.9 Å². The molecule has 2 heterocycles. The van der Waals surface area contributed by atoms with Crippen molar-refractivity contribution in [2.24, 2.45) is 11.5 Å². The molecule has 0 bridgehead atoms. The Morgan fingerprint density at radius 3 is 1.46 bits per heavy atom. The van der Waals surface area contributed by atoms with Crippen LogP contribution in [0.2, 0.25) is 0 Å². The predicted molar refractivity (Wildman–Crippen MR) is 131 cm³/mol. The third-order valence-corrected chi connectivity index (χ3v) is 5.14. The molecule has 0 aliphatic carbocycles. The molecule has 0 aliphatic heterocycles. The number of aromatic nitrogens is 2. The van der Waals surface area contributed by atoms with Crippen molar-refractivity contribution in [3.05, 3.63) is 72.2 Å². The van der Waals surface area contributed by atoms with Crippen LogP contribution in [0.3, 0.4) is 0 Å². The van der Waals surface area contributed by atoms with E-state index >= 15 is 0 Å². The molecule has 0 saturated heterocycles. The zero-order valence-electron chi connectivity index (χ0n) is 19.5.